The van der Waals surface area contributed by atoms with E-state index in [0.29, 0.717) is 13.2 Å². The molecule has 27 heavy (non-hydrogen) atoms. The number of piperazine rings is 1. The number of hydrogen-bond acceptors (Lipinski definition) is 4. The summed E-state index contributed by atoms with van der Waals surface area (Å²) in [7, 11) is 1.65. The van der Waals surface area contributed by atoms with Gasteiger partial charge in [-0.05, 0) is 31.2 Å². The van der Waals surface area contributed by atoms with Crippen LogP contribution in [-0.2, 0) is 4.79 Å². The third-order valence-electron chi connectivity index (χ3n) is 4.25. The van der Waals surface area contributed by atoms with Gasteiger partial charge >= 0.3 is 0 Å². The molecule has 8 heteroatoms. The molecule has 0 unspecified atom stereocenters. The van der Waals surface area contributed by atoms with Crippen LogP contribution < -0.4 is 14.8 Å². The summed E-state index contributed by atoms with van der Waals surface area (Å²) in [6, 6.07) is 7.58. The van der Waals surface area contributed by atoms with E-state index in [1.165, 1.54) is 0 Å². The molecule has 152 valence electrons. The molecule has 1 aromatic carbocycles. The molecule has 0 aliphatic carbocycles. The summed E-state index contributed by atoms with van der Waals surface area (Å²) in [4.78, 5) is 20.2. The number of ether oxygens (including phenoxy) is 2. The van der Waals surface area contributed by atoms with Gasteiger partial charge in [0.05, 0.1) is 13.7 Å². The average molecular weight is 490 g/mol. The zero-order valence-corrected chi connectivity index (χ0v) is 18.8. The van der Waals surface area contributed by atoms with Gasteiger partial charge in [0.15, 0.2) is 5.96 Å². The summed E-state index contributed by atoms with van der Waals surface area (Å²) in [5, 5.41) is 3.34. The number of amides is 1. The van der Waals surface area contributed by atoms with E-state index in [4.69, 9.17) is 14.5 Å². The lowest BCUT2D eigenvalue weighted by Crippen LogP contribution is -2.53. The molecular weight excluding hydrogens is 459 g/mol. The third kappa shape index (κ3) is 7.82. The van der Waals surface area contributed by atoms with Crippen LogP contribution in [0.2, 0.25) is 0 Å². The van der Waals surface area contributed by atoms with Crippen LogP contribution in [0, 0.1) is 0 Å². The number of nitrogens with one attached hydrogen (secondary N) is 1. The number of rotatable bonds is 7. The number of benzene rings is 1. The number of methoxy groups -OCH3 is 1. The van der Waals surface area contributed by atoms with E-state index in [0.717, 1.165) is 56.6 Å². The number of halogens is 1. The highest BCUT2D eigenvalue weighted by Crippen LogP contribution is 2.17. The maximum Gasteiger partial charge on any atom is 0.219 e. The maximum absolute atomic E-state index is 11.4. The van der Waals surface area contributed by atoms with Crippen molar-refractivity contribution in [2.24, 2.45) is 4.99 Å². The summed E-state index contributed by atoms with van der Waals surface area (Å²) >= 11 is 0. The van der Waals surface area contributed by atoms with Gasteiger partial charge in [-0.3, -0.25) is 9.79 Å². The minimum absolute atomic E-state index is 0. The van der Waals surface area contributed by atoms with E-state index < -0.39 is 0 Å². The van der Waals surface area contributed by atoms with Gasteiger partial charge in [-0.15, -0.1) is 24.0 Å². The van der Waals surface area contributed by atoms with Gasteiger partial charge in [0.1, 0.15) is 11.5 Å². The predicted octanol–water partition coefficient (Wildman–Crippen LogP) is 2.21. The van der Waals surface area contributed by atoms with Gasteiger partial charge in [0, 0.05) is 52.6 Å². The molecule has 0 bridgehead atoms. The number of carbonyl (C=O) groups excluding carboxylic acids is 1. The van der Waals surface area contributed by atoms with E-state index in [9.17, 15) is 4.79 Å². The topological polar surface area (TPSA) is 66.4 Å². The van der Waals surface area contributed by atoms with Crippen molar-refractivity contribution in [3.63, 3.8) is 0 Å². The Morgan fingerprint density at radius 2 is 1.70 bits per heavy atom. The van der Waals surface area contributed by atoms with E-state index in [1.54, 1.807) is 14.0 Å². The molecule has 0 aromatic heterocycles. The van der Waals surface area contributed by atoms with Gasteiger partial charge in [0.2, 0.25) is 5.91 Å². The Kier molecular flexibility index (Phi) is 10.9. The van der Waals surface area contributed by atoms with Gasteiger partial charge in [-0.2, -0.15) is 0 Å². The smallest absolute Gasteiger partial charge is 0.219 e. The quantitative estimate of drug-likeness (QED) is 0.275. The van der Waals surface area contributed by atoms with Crippen LogP contribution in [-0.4, -0.2) is 74.7 Å². The minimum Gasteiger partial charge on any atom is -0.497 e. The lowest BCUT2D eigenvalue weighted by molar-refractivity contribution is -0.130. The Morgan fingerprint density at radius 3 is 2.26 bits per heavy atom. The van der Waals surface area contributed by atoms with Crippen molar-refractivity contribution in [2.45, 2.75) is 20.3 Å². The molecule has 1 amide bonds. The fraction of sp³-hybridized carbons (Fsp3) is 0.579. The lowest BCUT2D eigenvalue weighted by atomic mass is 10.3. The molecule has 1 saturated heterocycles. The zero-order chi connectivity index (χ0) is 18.8. The Hall–Kier alpha value is -1.71. The van der Waals surface area contributed by atoms with Crippen LogP contribution in [0.25, 0.3) is 0 Å². The second-order valence-corrected chi connectivity index (χ2v) is 6.11. The van der Waals surface area contributed by atoms with Crippen LogP contribution >= 0.6 is 24.0 Å². The molecule has 1 aromatic rings. The molecule has 0 saturated carbocycles. The Bertz CT molecular complexity index is 587. The first-order chi connectivity index (χ1) is 12.6. The molecule has 1 heterocycles. The summed E-state index contributed by atoms with van der Waals surface area (Å²) in [6.45, 7) is 8.96. The molecule has 0 radical (unpaired) electrons. The molecule has 1 aliphatic rings. The molecular formula is C19H31IN4O3. The fourth-order valence-corrected chi connectivity index (χ4v) is 2.77. The number of aliphatic imine (C=N–C) groups is 1. The number of carbonyl (C=O) groups is 1. The molecule has 1 fully saturated rings. The first-order valence-electron chi connectivity index (χ1n) is 9.19. The first-order valence-corrected chi connectivity index (χ1v) is 9.19. The normalized spacial score (nSPS) is 14.4. The van der Waals surface area contributed by atoms with Crippen LogP contribution in [0.5, 0.6) is 11.5 Å². The van der Waals surface area contributed by atoms with Crippen molar-refractivity contribution >= 4 is 35.8 Å². The van der Waals surface area contributed by atoms with Crippen molar-refractivity contribution in [3.8, 4) is 11.5 Å². The van der Waals surface area contributed by atoms with Crippen molar-refractivity contribution in [2.75, 3.05) is 53.0 Å². The predicted molar refractivity (Wildman–Crippen MR) is 118 cm³/mol. The summed E-state index contributed by atoms with van der Waals surface area (Å²) in [5.74, 6) is 2.71. The van der Waals surface area contributed by atoms with Crippen molar-refractivity contribution in [1.82, 2.24) is 15.1 Å². The van der Waals surface area contributed by atoms with Gasteiger partial charge < -0.3 is 24.6 Å². The molecule has 1 N–H and O–H groups in total. The first kappa shape index (κ1) is 23.3. The molecule has 7 nitrogen and oxygen atoms in total. The average Bonchev–Trinajstić information content (AvgIpc) is 2.67. The Labute approximate surface area is 179 Å². The van der Waals surface area contributed by atoms with Gasteiger partial charge in [0.25, 0.3) is 0 Å². The lowest BCUT2D eigenvalue weighted by Gasteiger charge is -2.36. The van der Waals surface area contributed by atoms with Gasteiger partial charge in [-0.25, -0.2) is 0 Å². The van der Waals surface area contributed by atoms with E-state index in [1.807, 2.05) is 29.2 Å². The highest BCUT2D eigenvalue weighted by atomic mass is 127. The molecule has 2 rings (SSSR count). The highest BCUT2D eigenvalue weighted by Gasteiger charge is 2.20. The standard InChI is InChI=1S/C19H30N4O3.HI/c1-4-20-19(23-13-11-22(12-14-23)16(2)24)21-10-5-15-26-18-8-6-17(25-3)7-9-18;/h6-9H,4-5,10-15H2,1-3H3,(H,20,21);1H. The van der Waals surface area contributed by atoms with E-state index in [-0.39, 0.29) is 29.9 Å². The van der Waals surface area contributed by atoms with Crippen molar-refractivity contribution in [1.29, 1.82) is 0 Å². The number of guanidine groups is 1. The summed E-state index contributed by atoms with van der Waals surface area (Å²) in [6.07, 6.45) is 0.842. The van der Waals surface area contributed by atoms with Crippen LogP contribution in [0.15, 0.2) is 29.3 Å². The maximum atomic E-state index is 11.4. The summed E-state index contributed by atoms with van der Waals surface area (Å²) in [5.41, 5.74) is 0. The van der Waals surface area contributed by atoms with Gasteiger partial charge in [-0.1, -0.05) is 0 Å². The molecule has 1 aliphatic heterocycles. The molecule has 0 atom stereocenters. The van der Waals surface area contributed by atoms with Crippen molar-refractivity contribution in [3.05, 3.63) is 24.3 Å². The van der Waals surface area contributed by atoms with E-state index >= 15 is 0 Å². The minimum atomic E-state index is 0. The zero-order valence-electron chi connectivity index (χ0n) is 16.4. The highest BCUT2D eigenvalue weighted by molar-refractivity contribution is 14.0. The monoisotopic (exact) mass is 490 g/mol. The van der Waals surface area contributed by atoms with Crippen LogP contribution in [0.1, 0.15) is 20.3 Å². The number of nitrogens with zero attached hydrogens (tertiary/aromatic N) is 3. The fourth-order valence-electron chi connectivity index (χ4n) is 2.77. The second kappa shape index (κ2) is 12.6. The number of hydrogen-bond donors (Lipinski definition) is 1. The van der Waals surface area contributed by atoms with Crippen molar-refractivity contribution < 1.29 is 14.3 Å². The Balaban J connectivity index is 0.00000364. The van der Waals surface area contributed by atoms with E-state index in [2.05, 4.69) is 17.1 Å². The van der Waals surface area contributed by atoms with Crippen LogP contribution in [0.3, 0.4) is 0 Å². The SMILES string of the molecule is CCNC(=NCCCOc1ccc(OC)cc1)N1CCN(C(C)=O)CC1.I. The Morgan fingerprint density at radius 1 is 1.11 bits per heavy atom. The third-order valence-corrected chi connectivity index (χ3v) is 4.25. The molecule has 0 spiro atoms. The largest absolute Gasteiger partial charge is 0.497 e. The van der Waals surface area contributed by atoms with Crippen LogP contribution in [0.4, 0.5) is 0 Å². The second-order valence-electron chi connectivity index (χ2n) is 6.11. The summed E-state index contributed by atoms with van der Waals surface area (Å²) < 4.78 is 10.9.